The highest BCUT2D eigenvalue weighted by molar-refractivity contribution is 8.00. The Labute approximate surface area is 199 Å². The Bertz CT molecular complexity index is 986. The molecule has 0 aliphatic heterocycles. The van der Waals surface area contributed by atoms with Gasteiger partial charge in [-0.25, -0.2) is 4.98 Å². The Morgan fingerprint density at radius 1 is 0.970 bits per heavy atom. The van der Waals surface area contributed by atoms with Crippen LogP contribution in [0.15, 0.2) is 72.0 Å². The van der Waals surface area contributed by atoms with Gasteiger partial charge in [-0.2, -0.15) is 4.98 Å². The zero-order chi connectivity index (χ0) is 23.3. The minimum absolute atomic E-state index is 0.344. The second-order valence-corrected chi connectivity index (χ2v) is 8.75. The molecule has 0 fully saturated rings. The molecule has 0 saturated carbocycles. The van der Waals surface area contributed by atoms with Crippen LogP contribution in [0, 0.1) is 0 Å². The summed E-state index contributed by atoms with van der Waals surface area (Å²) in [5.74, 6) is -0.0494. The minimum Gasteiger partial charge on any atom is -0.486 e. The second kappa shape index (κ2) is 13.5. The summed E-state index contributed by atoms with van der Waals surface area (Å²) in [6.45, 7) is 2.93. The lowest BCUT2D eigenvalue weighted by atomic mass is 10.2. The highest BCUT2D eigenvalue weighted by Crippen LogP contribution is 2.30. The summed E-state index contributed by atoms with van der Waals surface area (Å²) in [5, 5.41) is 9.33. The predicted octanol–water partition coefficient (Wildman–Crippen LogP) is 5.46. The Kier molecular flexibility index (Phi) is 10.0. The van der Waals surface area contributed by atoms with Gasteiger partial charge in [0.1, 0.15) is 5.25 Å². The van der Waals surface area contributed by atoms with E-state index in [-0.39, 0.29) is 0 Å². The minimum atomic E-state index is -0.855. The lowest BCUT2D eigenvalue weighted by Gasteiger charge is -2.14. The summed E-state index contributed by atoms with van der Waals surface area (Å²) in [7, 11) is 0. The zero-order valence-electron chi connectivity index (χ0n) is 18.9. The largest absolute Gasteiger partial charge is 0.486 e. The first kappa shape index (κ1) is 24.6. The number of unbranched alkanes of at least 4 members (excludes halogenated alkanes) is 1. The van der Waals surface area contributed by atoms with Gasteiger partial charge in [0.05, 0.1) is 19.4 Å². The van der Waals surface area contributed by atoms with Crippen molar-refractivity contribution in [2.75, 3.05) is 13.2 Å². The third-order valence-electron chi connectivity index (χ3n) is 5.01. The molecule has 1 heterocycles. The monoisotopic (exact) mass is 466 g/mol. The molecule has 1 unspecified atom stereocenters. The number of carboxylic acids is 1. The number of ether oxygens (including phenoxy) is 2. The molecule has 0 aliphatic carbocycles. The third-order valence-corrected chi connectivity index (χ3v) is 6.14. The summed E-state index contributed by atoms with van der Waals surface area (Å²) in [6, 6.07) is 20.2. The van der Waals surface area contributed by atoms with E-state index in [1.165, 1.54) is 11.1 Å². The summed E-state index contributed by atoms with van der Waals surface area (Å²) >= 11 is 1.15. The van der Waals surface area contributed by atoms with E-state index >= 15 is 0 Å². The van der Waals surface area contributed by atoms with Crippen LogP contribution < -0.4 is 9.47 Å². The van der Waals surface area contributed by atoms with E-state index < -0.39 is 11.2 Å². The fourth-order valence-corrected chi connectivity index (χ4v) is 4.07. The van der Waals surface area contributed by atoms with Crippen LogP contribution in [-0.4, -0.2) is 39.5 Å². The molecule has 1 atom stereocenters. The van der Waals surface area contributed by atoms with Crippen molar-refractivity contribution < 1.29 is 19.4 Å². The van der Waals surface area contributed by atoms with Crippen LogP contribution in [0.3, 0.4) is 0 Å². The molecule has 3 rings (SSSR count). The van der Waals surface area contributed by atoms with E-state index in [4.69, 9.17) is 9.47 Å². The van der Waals surface area contributed by atoms with E-state index in [9.17, 15) is 9.90 Å². The number of thioether (sulfide) groups is 1. The molecule has 6 nitrogen and oxygen atoms in total. The SMILES string of the molecule is CCCCC(Sc1ncc(OCCc2ccccc2)c(OCCc2ccccc2)n1)C(=O)O. The number of nitrogens with zero attached hydrogens (tertiary/aromatic N) is 2. The molecule has 0 aliphatic rings. The van der Waals surface area contributed by atoms with Gasteiger partial charge in [0.2, 0.25) is 0 Å². The van der Waals surface area contributed by atoms with E-state index in [0.717, 1.165) is 37.4 Å². The molecular weight excluding hydrogens is 436 g/mol. The fraction of sp³-hybridized carbons (Fsp3) is 0.346. The second-order valence-electron chi connectivity index (χ2n) is 7.58. The standard InChI is InChI=1S/C26H30N2O4S/c1-2-3-14-23(25(29)30)33-26-27-19-22(31-17-15-20-10-6-4-7-11-20)24(28-26)32-18-16-21-12-8-5-9-13-21/h4-13,19,23H,2-3,14-18H2,1H3,(H,29,30). The Morgan fingerprint density at radius 2 is 1.58 bits per heavy atom. The highest BCUT2D eigenvalue weighted by Gasteiger charge is 2.21. The van der Waals surface area contributed by atoms with Gasteiger partial charge >= 0.3 is 5.97 Å². The molecule has 0 bridgehead atoms. The fourth-order valence-electron chi connectivity index (χ4n) is 3.18. The van der Waals surface area contributed by atoms with Crippen molar-refractivity contribution in [2.45, 2.75) is 49.4 Å². The van der Waals surface area contributed by atoms with Crippen molar-refractivity contribution in [3.05, 3.63) is 78.0 Å². The van der Waals surface area contributed by atoms with Crippen molar-refractivity contribution in [3.8, 4) is 11.6 Å². The van der Waals surface area contributed by atoms with Gasteiger partial charge in [-0.3, -0.25) is 4.79 Å². The van der Waals surface area contributed by atoms with Crippen molar-refractivity contribution in [3.63, 3.8) is 0 Å². The molecule has 0 saturated heterocycles. The van der Waals surface area contributed by atoms with E-state index in [0.29, 0.717) is 36.4 Å². The number of aliphatic carboxylic acids is 1. The molecule has 7 heteroatoms. The summed E-state index contributed by atoms with van der Waals surface area (Å²) < 4.78 is 11.9. The van der Waals surface area contributed by atoms with Gasteiger partial charge in [0.15, 0.2) is 10.9 Å². The summed E-state index contributed by atoms with van der Waals surface area (Å²) in [6.07, 6.45) is 5.40. The first-order valence-electron chi connectivity index (χ1n) is 11.3. The molecule has 2 aromatic carbocycles. The zero-order valence-corrected chi connectivity index (χ0v) is 19.7. The number of hydrogen-bond acceptors (Lipinski definition) is 6. The van der Waals surface area contributed by atoms with Crippen LogP contribution in [0.5, 0.6) is 11.6 Å². The smallest absolute Gasteiger partial charge is 0.317 e. The van der Waals surface area contributed by atoms with Gasteiger partial charge in [-0.1, -0.05) is 92.2 Å². The molecule has 1 aromatic heterocycles. The maximum Gasteiger partial charge on any atom is 0.317 e. The molecule has 0 amide bonds. The van der Waals surface area contributed by atoms with Crippen LogP contribution in [-0.2, 0) is 17.6 Å². The lowest BCUT2D eigenvalue weighted by molar-refractivity contribution is -0.136. The van der Waals surface area contributed by atoms with E-state index in [1.807, 2.05) is 55.5 Å². The van der Waals surface area contributed by atoms with Crippen LogP contribution in [0.1, 0.15) is 37.3 Å². The van der Waals surface area contributed by atoms with E-state index in [2.05, 4.69) is 22.1 Å². The van der Waals surface area contributed by atoms with Gasteiger partial charge in [0.25, 0.3) is 5.88 Å². The van der Waals surface area contributed by atoms with Gasteiger partial charge in [-0.05, 0) is 17.5 Å². The lowest BCUT2D eigenvalue weighted by Crippen LogP contribution is -2.17. The Balaban J connectivity index is 1.68. The van der Waals surface area contributed by atoms with Crippen molar-refractivity contribution in [1.29, 1.82) is 0 Å². The molecule has 0 spiro atoms. The van der Waals surface area contributed by atoms with Gasteiger partial charge in [-0.15, -0.1) is 0 Å². The van der Waals surface area contributed by atoms with Crippen molar-refractivity contribution in [2.24, 2.45) is 0 Å². The molecular formula is C26H30N2O4S. The quantitative estimate of drug-likeness (QED) is 0.250. The van der Waals surface area contributed by atoms with Gasteiger partial charge in [0, 0.05) is 12.8 Å². The molecule has 174 valence electrons. The van der Waals surface area contributed by atoms with Crippen LogP contribution >= 0.6 is 11.8 Å². The predicted molar refractivity (Wildman–Crippen MR) is 130 cm³/mol. The Hall–Kier alpha value is -3.06. The van der Waals surface area contributed by atoms with Gasteiger partial charge < -0.3 is 14.6 Å². The molecule has 3 aromatic rings. The third kappa shape index (κ3) is 8.42. The van der Waals surface area contributed by atoms with Crippen LogP contribution in [0.4, 0.5) is 0 Å². The van der Waals surface area contributed by atoms with Crippen LogP contribution in [0.2, 0.25) is 0 Å². The Morgan fingerprint density at radius 3 is 2.15 bits per heavy atom. The number of rotatable bonds is 14. The van der Waals surface area contributed by atoms with Crippen LogP contribution in [0.25, 0.3) is 0 Å². The van der Waals surface area contributed by atoms with Crippen molar-refractivity contribution >= 4 is 17.7 Å². The molecule has 1 N–H and O–H groups in total. The number of carbonyl (C=O) groups is 1. The maximum absolute atomic E-state index is 11.6. The number of hydrogen-bond donors (Lipinski definition) is 1. The first-order chi connectivity index (χ1) is 16.2. The maximum atomic E-state index is 11.6. The number of carboxylic acid groups (broad SMARTS) is 1. The van der Waals surface area contributed by atoms with Crippen molar-refractivity contribution in [1.82, 2.24) is 9.97 Å². The first-order valence-corrected chi connectivity index (χ1v) is 12.1. The van der Waals surface area contributed by atoms with E-state index in [1.54, 1.807) is 6.20 Å². The highest BCUT2D eigenvalue weighted by atomic mass is 32.2. The molecule has 33 heavy (non-hydrogen) atoms. The summed E-state index contributed by atoms with van der Waals surface area (Å²) in [4.78, 5) is 20.5. The number of aromatic nitrogens is 2. The average molecular weight is 467 g/mol. The average Bonchev–Trinajstić information content (AvgIpc) is 2.84. The number of benzene rings is 2. The molecule has 0 radical (unpaired) electrons. The normalized spacial score (nSPS) is 11.7. The summed E-state index contributed by atoms with van der Waals surface area (Å²) in [5.41, 5.74) is 2.34. The topological polar surface area (TPSA) is 81.5 Å².